The fraction of sp³-hybridized carbons (Fsp3) is 0. The van der Waals surface area contributed by atoms with Crippen LogP contribution in [0.4, 0.5) is 5.69 Å². The van der Waals surface area contributed by atoms with Crippen LogP contribution in [0, 0.1) is 0 Å². The van der Waals surface area contributed by atoms with Crippen LogP contribution < -0.4 is 5.32 Å². The first kappa shape index (κ1) is 14.1. The molecular formula is C11H13NO3S. The maximum atomic E-state index is 10.1. The van der Waals surface area contributed by atoms with E-state index in [4.69, 9.17) is 0 Å². The van der Waals surface area contributed by atoms with Gasteiger partial charge in [0.15, 0.2) is 9.84 Å². The lowest BCUT2D eigenvalue weighted by Gasteiger charge is -1.93. The predicted molar refractivity (Wildman–Crippen MR) is 65.4 cm³/mol. The normalized spacial score (nSPS) is 9.25. The number of sulfone groups is 1. The Morgan fingerprint density at radius 2 is 1.56 bits per heavy atom. The highest BCUT2D eigenvalue weighted by Crippen LogP contribution is 2.01. The second-order valence-corrected chi connectivity index (χ2v) is 4.40. The Hall–Kier alpha value is -1.88. The van der Waals surface area contributed by atoms with Crippen molar-refractivity contribution in [2.75, 3.05) is 5.32 Å². The second kappa shape index (κ2) is 7.42. The lowest BCUT2D eigenvalue weighted by molar-refractivity contribution is -0.105. The van der Waals surface area contributed by atoms with Crippen molar-refractivity contribution in [3.05, 3.63) is 54.3 Å². The van der Waals surface area contributed by atoms with E-state index in [0.717, 1.165) is 16.5 Å². The highest BCUT2D eigenvalue weighted by atomic mass is 32.2. The number of para-hydroxylation sites is 1. The number of anilines is 1. The van der Waals surface area contributed by atoms with Gasteiger partial charge in [0.05, 0.1) is 0 Å². The minimum Gasteiger partial charge on any atom is -0.329 e. The molecule has 0 aliphatic rings. The summed E-state index contributed by atoms with van der Waals surface area (Å²) in [5, 5.41) is 4.22. The van der Waals surface area contributed by atoms with Crippen LogP contribution in [-0.2, 0) is 14.6 Å². The Morgan fingerprint density at radius 3 is 1.88 bits per heavy atom. The molecule has 1 N–H and O–H groups in total. The Balaban J connectivity index is 0.000000293. The Labute approximate surface area is 95.2 Å². The average Bonchev–Trinajstić information content (AvgIpc) is 2.32. The van der Waals surface area contributed by atoms with E-state index in [1.807, 2.05) is 30.3 Å². The smallest absolute Gasteiger partial charge is 0.211 e. The van der Waals surface area contributed by atoms with Crippen LogP contribution in [0.2, 0.25) is 0 Å². The molecule has 86 valence electrons. The third-order valence-corrected chi connectivity index (χ3v) is 2.39. The molecule has 0 fully saturated rings. The molecular weight excluding hydrogens is 226 g/mol. The maximum Gasteiger partial charge on any atom is 0.211 e. The first-order valence-corrected chi connectivity index (χ1v) is 5.92. The number of carbonyl (C=O) groups is 1. The van der Waals surface area contributed by atoms with Crippen LogP contribution in [0.15, 0.2) is 54.3 Å². The Kier molecular flexibility index (Phi) is 6.55. The lowest BCUT2D eigenvalue weighted by Crippen LogP contribution is -1.91. The topological polar surface area (TPSA) is 63.2 Å². The summed E-state index contributed by atoms with van der Waals surface area (Å²) in [4.78, 5) is 9.86. The quantitative estimate of drug-likeness (QED) is 0.817. The molecule has 1 aromatic rings. The van der Waals surface area contributed by atoms with Crippen molar-refractivity contribution in [1.29, 1.82) is 0 Å². The van der Waals surface area contributed by atoms with Gasteiger partial charge in [-0.1, -0.05) is 31.4 Å². The van der Waals surface area contributed by atoms with Gasteiger partial charge in [-0.15, -0.1) is 0 Å². The molecule has 1 aromatic carbocycles. The second-order valence-electron chi connectivity index (χ2n) is 2.55. The SMILES string of the molecule is C=CS(=O)(=O)C=C.O=CNc1ccccc1. The highest BCUT2D eigenvalue weighted by molar-refractivity contribution is 7.97. The van der Waals surface area contributed by atoms with E-state index >= 15 is 0 Å². The Morgan fingerprint density at radius 1 is 1.06 bits per heavy atom. The minimum atomic E-state index is -3.13. The molecule has 1 amide bonds. The molecule has 0 saturated heterocycles. The highest BCUT2D eigenvalue weighted by Gasteiger charge is 1.90. The monoisotopic (exact) mass is 239 g/mol. The van der Waals surface area contributed by atoms with Crippen molar-refractivity contribution >= 4 is 21.9 Å². The van der Waals surface area contributed by atoms with Gasteiger partial charge in [-0.3, -0.25) is 4.79 Å². The molecule has 1 rings (SSSR count). The number of benzene rings is 1. The summed E-state index contributed by atoms with van der Waals surface area (Å²) in [6.07, 6.45) is 0.662. The van der Waals surface area contributed by atoms with Crippen molar-refractivity contribution in [3.63, 3.8) is 0 Å². The Bertz CT molecular complexity index is 424. The van der Waals surface area contributed by atoms with E-state index in [2.05, 4.69) is 18.5 Å². The third-order valence-electron chi connectivity index (χ3n) is 1.46. The van der Waals surface area contributed by atoms with E-state index in [1.54, 1.807) is 0 Å². The zero-order valence-corrected chi connectivity index (χ0v) is 9.48. The van der Waals surface area contributed by atoms with Gasteiger partial charge in [0.2, 0.25) is 6.41 Å². The molecule has 0 aliphatic heterocycles. The third kappa shape index (κ3) is 6.56. The fourth-order valence-electron chi connectivity index (χ4n) is 0.670. The fourth-order valence-corrected chi connectivity index (χ4v) is 0.807. The number of hydrogen-bond acceptors (Lipinski definition) is 3. The van der Waals surface area contributed by atoms with E-state index in [9.17, 15) is 13.2 Å². The molecule has 16 heavy (non-hydrogen) atoms. The van der Waals surface area contributed by atoms with Gasteiger partial charge in [0.25, 0.3) is 0 Å². The molecule has 4 nitrogen and oxygen atoms in total. The van der Waals surface area contributed by atoms with Crippen LogP contribution in [0.5, 0.6) is 0 Å². The number of amides is 1. The van der Waals surface area contributed by atoms with Gasteiger partial charge >= 0.3 is 0 Å². The van der Waals surface area contributed by atoms with Crippen molar-refractivity contribution in [1.82, 2.24) is 0 Å². The summed E-state index contributed by atoms with van der Waals surface area (Å²) in [7, 11) is -3.13. The largest absolute Gasteiger partial charge is 0.329 e. The minimum absolute atomic E-state index is 0.662. The lowest BCUT2D eigenvalue weighted by atomic mass is 10.3. The molecule has 0 saturated carbocycles. The molecule has 0 atom stereocenters. The molecule has 0 spiro atoms. The van der Waals surface area contributed by atoms with Gasteiger partial charge in [-0.25, -0.2) is 8.42 Å². The molecule has 0 aliphatic carbocycles. The summed E-state index contributed by atoms with van der Waals surface area (Å²) < 4.78 is 20.3. The van der Waals surface area contributed by atoms with E-state index in [0.29, 0.717) is 6.41 Å². The van der Waals surface area contributed by atoms with Crippen molar-refractivity contribution in [2.24, 2.45) is 0 Å². The zero-order chi connectivity index (χ0) is 12.4. The molecule has 0 unspecified atom stereocenters. The maximum absolute atomic E-state index is 10.1. The number of nitrogens with one attached hydrogen (secondary N) is 1. The van der Waals surface area contributed by atoms with Crippen molar-refractivity contribution in [3.8, 4) is 0 Å². The van der Waals surface area contributed by atoms with Gasteiger partial charge in [-0.2, -0.15) is 0 Å². The summed E-state index contributed by atoms with van der Waals surface area (Å²) in [5.41, 5.74) is 0.826. The van der Waals surface area contributed by atoms with Crippen LogP contribution in [-0.4, -0.2) is 14.8 Å². The van der Waals surface area contributed by atoms with E-state index < -0.39 is 9.84 Å². The number of carbonyl (C=O) groups excluding carboxylic acids is 1. The first-order chi connectivity index (χ1) is 7.55. The zero-order valence-electron chi connectivity index (χ0n) is 8.67. The van der Waals surface area contributed by atoms with E-state index in [-0.39, 0.29) is 0 Å². The van der Waals surface area contributed by atoms with Crippen LogP contribution in [0.1, 0.15) is 0 Å². The molecule has 0 bridgehead atoms. The summed E-state index contributed by atoms with van der Waals surface area (Å²) in [6, 6.07) is 9.29. The number of hydrogen-bond donors (Lipinski definition) is 1. The number of rotatable bonds is 4. The first-order valence-electron chi connectivity index (χ1n) is 4.31. The predicted octanol–water partition coefficient (Wildman–Crippen LogP) is 1.94. The van der Waals surface area contributed by atoms with Crippen molar-refractivity contribution in [2.45, 2.75) is 0 Å². The van der Waals surface area contributed by atoms with Crippen LogP contribution in [0.3, 0.4) is 0 Å². The molecule has 0 heterocycles. The molecule has 0 aromatic heterocycles. The van der Waals surface area contributed by atoms with Gasteiger partial charge in [-0.05, 0) is 12.1 Å². The average molecular weight is 239 g/mol. The van der Waals surface area contributed by atoms with Gasteiger partial charge in [0.1, 0.15) is 0 Å². The molecule has 5 heteroatoms. The van der Waals surface area contributed by atoms with Gasteiger partial charge < -0.3 is 5.32 Å². The summed E-state index contributed by atoms with van der Waals surface area (Å²) >= 11 is 0. The van der Waals surface area contributed by atoms with Gasteiger partial charge in [0, 0.05) is 16.5 Å². The van der Waals surface area contributed by atoms with Crippen molar-refractivity contribution < 1.29 is 13.2 Å². The van der Waals surface area contributed by atoms with E-state index in [1.165, 1.54) is 0 Å². The molecule has 0 radical (unpaired) electrons. The summed E-state index contributed by atoms with van der Waals surface area (Å²) in [5.74, 6) is 0. The van der Waals surface area contributed by atoms with Crippen LogP contribution >= 0.6 is 0 Å². The van der Waals surface area contributed by atoms with Crippen LogP contribution in [0.25, 0.3) is 0 Å². The summed E-state index contributed by atoms with van der Waals surface area (Å²) in [6.45, 7) is 6.09. The standard InChI is InChI=1S/C7H7NO.C4H6O2S/c9-6-8-7-4-2-1-3-5-7;1-3-7(5,6)4-2/h1-6H,(H,8,9);3-4H,1-2H2.